The molecule has 21 heavy (non-hydrogen) atoms. The van der Waals surface area contributed by atoms with Gasteiger partial charge in [-0.15, -0.1) is 0 Å². The number of hydrogen-bond donors (Lipinski definition) is 2. The van der Waals surface area contributed by atoms with Crippen LogP contribution in [0.2, 0.25) is 0 Å². The molecular formula is C18H30N2O. The Kier molecular flexibility index (Phi) is 5.80. The number of hydrogen-bond acceptors (Lipinski definition) is 3. The van der Waals surface area contributed by atoms with Gasteiger partial charge in [0.2, 0.25) is 0 Å². The summed E-state index contributed by atoms with van der Waals surface area (Å²) in [5.74, 6) is 0. The lowest BCUT2D eigenvalue weighted by Gasteiger charge is -2.37. The van der Waals surface area contributed by atoms with E-state index in [0.717, 1.165) is 45.4 Å². The molecule has 1 fully saturated rings. The third kappa shape index (κ3) is 5.10. The van der Waals surface area contributed by atoms with Crippen LogP contribution in [0.1, 0.15) is 50.3 Å². The van der Waals surface area contributed by atoms with E-state index in [1.54, 1.807) is 0 Å². The Labute approximate surface area is 129 Å². The standard InChI is InChI=1S/C18H30N2O/c1-4-19-17(16-8-6-15(2)7-9-16)10-13-20-12-5-11-18(3,21)14-20/h6-9,17,19,21H,4-5,10-14H2,1-3H3. The average Bonchev–Trinajstić information content (AvgIpc) is 2.43. The zero-order valence-corrected chi connectivity index (χ0v) is 13.7. The van der Waals surface area contributed by atoms with Crippen molar-refractivity contribution in [2.24, 2.45) is 0 Å². The van der Waals surface area contributed by atoms with E-state index < -0.39 is 5.60 Å². The zero-order chi connectivity index (χ0) is 15.3. The fraction of sp³-hybridized carbons (Fsp3) is 0.667. The van der Waals surface area contributed by atoms with Gasteiger partial charge >= 0.3 is 0 Å². The first-order valence-corrected chi connectivity index (χ1v) is 8.25. The van der Waals surface area contributed by atoms with Crippen LogP contribution >= 0.6 is 0 Å². The molecule has 2 unspecified atom stereocenters. The average molecular weight is 290 g/mol. The van der Waals surface area contributed by atoms with Crippen LogP contribution in [-0.2, 0) is 0 Å². The van der Waals surface area contributed by atoms with Gasteiger partial charge in [-0.3, -0.25) is 0 Å². The molecule has 3 nitrogen and oxygen atoms in total. The maximum absolute atomic E-state index is 10.2. The molecule has 0 bridgehead atoms. The van der Waals surface area contributed by atoms with Crippen molar-refractivity contribution in [3.8, 4) is 0 Å². The molecule has 2 atom stereocenters. The van der Waals surface area contributed by atoms with E-state index in [1.165, 1.54) is 11.1 Å². The molecule has 3 heteroatoms. The topological polar surface area (TPSA) is 35.5 Å². The molecule has 0 saturated carbocycles. The summed E-state index contributed by atoms with van der Waals surface area (Å²) in [6, 6.07) is 9.24. The first-order valence-electron chi connectivity index (χ1n) is 8.25. The molecule has 118 valence electrons. The van der Waals surface area contributed by atoms with Crippen molar-refractivity contribution in [3.63, 3.8) is 0 Å². The quantitative estimate of drug-likeness (QED) is 0.845. The molecule has 1 aliphatic heterocycles. The van der Waals surface area contributed by atoms with Gasteiger partial charge in [0.1, 0.15) is 0 Å². The Morgan fingerprint density at radius 3 is 2.67 bits per heavy atom. The Bertz CT molecular complexity index is 427. The van der Waals surface area contributed by atoms with E-state index in [9.17, 15) is 5.11 Å². The number of benzene rings is 1. The maximum atomic E-state index is 10.2. The molecule has 0 aromatic heterocycles. The summed E-state index contributed by atoms with van der Waals surface area (Å²) in [5, 5.41) is 13.8. The van der Waals surface area contributed by atoms with Crippen molar-refractivity contribution in [1.29, 1.82) is 0 Å². The van der Waals surface area contributed by atoms with Gasteiger partial charge in [0.05, 0.1) is 5.60 Å². The Hall–Kier alpha value is -0.900. The Balaban J connectivity index is 1.92. The van der Waals surface area contributed by atoms with Crippen LogP contribution < -0.4 is 5.32 Å². The predicted octanol–water partition coefficient (Wildman–Crippen LogP) is 2.88. The van der Waals surface area contributed by atoms with E-state index >= 15 is 0 Å². The summed E-state index contributed by atoms with van der Waals surface area (Å²) in [7, 11) is 0. The van der Waals surface area contributed by atoms with Crippen molar-refractivity contribution in [3.05, 3.63) is 35.4 Å². The second kappa shape index (κ2) is 7.39. The van der Waals surface area contributed by atoms with E-state index in [1.807, 2.05) is 6.92 Å². The molecule has 0 radical (unpaired) electrons. The van der Waals surface area contributed by atoms with Gasteiger partial charge in [-0.05, 0) is 51.8 Å². The SMILES string of the molecule is CCNC(CCN1CCCC(C)(O)C1)c1ccc(C)cc1. The lowest BCUT2D eigenvalue weighted by atomic mass is 9.94. The summed E-state index contributed by atoms with van der Waals surface area (Å²) in [4.78, 5) is 2.40. The number of rotatable bonds is 6. The summed E-state index contributed by atoms with van der Waals surface area (Å²) in [6.45, 7) is 10.2. The van der Waals surface area contributed by atoms with Gasteiger partial charge in [-0.1, -0.05) is 36.8 Å². The zero-order valence-electron chi connectivity index (χ0n) is 13.7. The first-order chi connectivity index (χ1) is 10.00. The minimum Gasteiger partial charge on any atom is -0.389 e. The maximum Gasteiger partial charge on any atom is 0.0746 e. The molecule has 1 heterocycles. The van der Waals surface area contributed by atoms with Crippen molar-refractivity contribution in [1.82, 2.24) is 10.2 Å². The number of aryl methyl sites for hydroxylation is 1. The number of aliphatic hydroxyl groups is 1. The minimum absolute atomic E-state index is 0.405. The van der Waals surface area contributed by atoms with Crippen LogP contribution in [0.15, 0.2) is 24.3 Å². The van der Waals surface area contributed by atoms with Crippen LogP contribution in [0.3, 0.4) is 0 Å². The number of piperidine rings is 1. The van der Waals surface area contributed by atoms with Crippen molar-refractivity contribution >= 4 is 0 Å². The smallest absolute Gasteiger partial charge is 0.0746 e. The van der Waals surface area contributed by atoms with E-state index in [-0.39, 0.29) is 0 Å². The third-order valence-electron chi connectivity index (χ3n) is 4.42. The lowest BCUT2D eigenvalue weighted by molar-refractivity contribution is -0.0163. The largest absolute Gasteiger partial charge is 0.389 e. The second-order valence-electron chi connectivity index (χ2n) is 6.69. The van der Waals surface area contributed by atoms with Gasteiger partial charge in [0, 0.05) is 19.1 Å². The molecule has 1 saturated heterocycles. The molecule has 0 amide bonds. The highest BCUT2D eigenvalue weighted by atomic mass is 16.3. The van der Waals surface area contributed by atoms with Crippen molar-refractivity contribution < 1.29 is 5.11 Å². The molecule has 1 aliphatic rings. The molecule has 0 aliphatic carbocycles. The lowest BCUT2D eigenvalue weighted by Crippen LogP contribution is -2.46. The van der Waals surface area contributed by atoms with Crippen molar-refractivity contribution in [2.75, 3.05) is 26.2 Å². The normalized spacial score (nSPS) is 25.0. The summed E-state index contributed by atoms with van der Waals surface area (Å²) in [6.07, 6.45) is 3.12. The molecular weight excluding hydrogens is 260 g/mol. The van der Waals surface area contributed by atoms with E-state index in [0.29, 0.717) is 6.04 Å². The molecule has 1 aromatic carbocycles. The van der Waals surface area contributed by atoms with E-state index in [2.05, 4.69) is 48.3 Å². The van der Waals surface area contributed by atoms with Crippen LogP contribution in [0.25, 0.3) is 0 Å². The van der Waals surface area contributed by atoms with Crippen LogP contribution in [0.4, 0.5) is 0 Å². The highest BCUT2D eigenvalue weighted by Crippen LogP contribution is 2.23. The van der Waals surface area contributed by atoms with Gasteiger partial charge in [0.15, 0.2) is 0 Å². The number of nitrogens with one attached hydrogen (secondary N) is 1. The number of likely N-dealkylation sites (tertiary alicyclic amines) is 1. The minimum atomic E-state index is -0.504. The second-order valence-corrected chi connectivity index (χ2v) is 6.69. The fourth-order valence-corrected chi connectivity index (χ4v) is 3.26. The van der Waals surface area contributed by atoms with Crippen LogP contribution in [0.5, 0.6) is 0 Å². The summed E-state index contributed by atoms with van der Waals surface area (Å²) < 4.78 is 0. The molecule has 2 N–H and O–H groups in total. The van der Waals surface area contributed by atoms with Gasteiger partial charge in [-0.2, -0.15) is 0 Å². The number of nitrogens with zero attached hydrogens (tertiary/aromatic N) is 1. The van der Waals surface area contributed by atoms with Gasteiger partial charge in [-0.25, -0.2) is 0 Å². The van der Waals surface area contributed by atoms with E-state index in [4.69, 9.17) is 0 Å². The van der Waals surface area contributed by atoms with Gasteiger partial charge in [0.25, 0.3) is 0 Å². The predicted molar refractivity (Wildman–Crippen MR) is 88.5 cm³/mol. The van der Waals surface area contributed by atoms with Gasteiger partial charge < -0.3 is 15.3 Å². The highest BCUT2D eigenvalue weighted by molar-refractivity contribution is 5.24. The summed E-state index contributed by atoms with van der Waals surface area (Å²) in [5.41, 5.74) is 2.17. The van der Waals surface area contributed by atoms with Crippen LogP contribution in [-0.4, -0.2) is 41.8 Å². The molecule has 2 rings (SSSR count). The Morgan fingerprint density at radius 2 is 2.05 bits per heavy atom. The molecule has 1 aromatic rings. The van der Waals surface area contributed by atoms with Crippen molar-refractivity contribution in [2.45, 2.75) is 51.7 Å². The Morgan fingerprint density at radius 1 is 1.33 bits per heavy atom. The number of β-amino-alcohol motifs (C(OH)–C–C–N with tert-alkyl or cyclic N) is 1. The summed E-state index contributed by atoms with van der Waals surface area (Å²) >= 11 is 0. The fourth-order valence-electron chi connectivity index (χ4n) is 3.26. The molecule has 0 spiro atoms. The van der Waals surface area contributed by atoms with Crippen LogP contribution in [0, 0.1) is 6.92 Å². The first kappa shape index (κ1) is 16.5. The highest BCUT2D eigenvalue weighted by Gasteiger charge is 2.28. The third-order valence-corrected chi connectivity index (χ3v) is 4.42. The monoisotopic (exact) mass is 290 g/mol.